The molecule has 0 saturated heterocycles. The van der Waals surface area contributed by atoms with Crippen LogP contribution in [0.1, 0.15) is 34.3 Å². The van der Waals surface area contributed by atoms with E-state index in [0.29, 0.717) is 0 Å². The number of rotatable bonds is 2. The quantitative estimate of drug-likeness (QED) is 0.905. The lowest BCUT2D eigenvalue weighted by atomic mass is 10.0. The molecule has 16 heavy (non-hydrogen) atoms. The average molecular weight is 301 g/mol. The van der Waals surface area contributed by atoms with Crippen molar-refractivity contribution in [2.24, 2.45) is 0 Å². The van der Waals surface area contributed by atoms with Crippen molar-refractivity contribution in [3.8, 4) is 0 Å². The number of halogens is 1. The number of hydrogen-bond acceptors (Lipinski definition) is 3. The van der Waals surface area contributed by atoms with Crippen LogP contribution in [0.4, 0.5) is 0 Å². The van der Waals surface area contributed by atoms with Gasteiger partial charge in [-0.3, -0.25) is 0 Å². The van der Waals surface area contributed by atoms with Crippen LogP contribution in [-0.4, -0.2) is 5.11 Å². The van der Waals surface area contributed by atoms with Gasteiger partial charge in [0.05, 0.1) is 0 Å². The summed E-state index contributed by atoms with van der Waals surface area (Å²) in [5.74, 6) is 1.67. The summed E-state index contributed by atoms with van der Waals surface area (Å²) in [6, 6.07) is 0. The molecule has 1 atom stereocenters. The first kappa shape index (κ1) is 11.9. The number of furan rings is 1. The van der Waals surface area contributed by atoms with E-state index in [9.17, 15) is 5.11 Å². The van der Waals surface area contributed by atoms with E-state index in [1.807, 2.05) is 31.5 Å². The van der Waals surface area contributed by atoms with E-state index in [-0.39, 0.29) is 0 Å². The van der Waals surface area contributed by atoms with Gasteiger partial charge in [0.2, 0.25) is 0 Å². The molecule has 0 spiro atoms. The van der Waals surface area contributed by atoms with Gasteiger partial charge in [0, 0.05) is 21.0 Å². The van der Waals surface area contributed by atoms with Crippen LogP contribution in [0.5, 0.6) is 0 Å². The van der Waals surface area contributed by atoms with Crippen molar-refractivity contribution in [1.82, 2.24) is 0 Å². The van der Waals surface area contributed by atoms with E-state index in [0.717, 1.165) is 32.7 Å². The maximum atomic E-state index is 10.4. The molecule has 2 nitrogen and oxygen atoms in total. The topological polar surface area (TPSA) is 33.4 Å². The maximum Gasteiger partial charge on any atom is 0.110 e. The zero-order chi connectivity index (χ0) is 11.9. The zero-order valence-electron chi connectivity index (χ0n) is 9.37. The van der Waals surface area contributed by atoms with E-state index < -0.39 is 6.10 Å². The predicted molar refractivity (Wildman–Crippen MR) is 69.0 cm³/mol. The second-order valence-electron chi connectivity index (χ2n) is 3.83. The SMILES string of the molecule is Cc1oc(C)c(C(O)c2cscc2Br)c1C. The molecule has 0 saturated carbocycles. The Hall–Kier alpha value is -0.580. The smallest absolute Gasteiger partial charge is 0.110 e. The number of aliphatic hydroxyl groups is 1. The lowest BCUT2D eigenvalue weighted by Gasteiger charge is -2.10. The molecule has 1 unspecified atom stereocenters. The van der Waals surface area contributed by atoms with Crippen LogP contribution in [0.2, 0.25) is 0 Å². The molecule has 86 valence electrons. The van der Waals surface area contributed by atoms with E-state index in [1.165, 1.54) is 0 Å². The Kier molecular flexibility index (Phi) is 3.24. The summed E-state index contributed by atoms with van der Waals surface area (Å²) in [7, 11) is 0. The van der Waals surface area contributed by atoms with E-state index in [1.54, 1.807) is 11.3 Å². The normalized spacial score (nSPS) is 13.1. The molecule has 0 fully saturated rings. The highest BCUT2D eigenvalue weighted by Crippen LogP contribution is 2.36. The Morgan fingerprint density at radius 2 is 1.94 bits per heavy atom. The van der Waals surface area contributed by atoms with Gasteiger partial charge in [-0.05, 0) is 47.6 Å². The first-order valence-corrected chi connectivity index (χ1v) is 6.72. The Balaban J connectivity index is 2.49. The summed E-state index contributed by atoms with van der Waals surface area (Å²) < 4.78 is 6.48. The molecule has 2 aromatic heterocycles. The fraction of sp³-hybridized carbons (Fsp3) is 0.333. The van der Waals surface area contributed by atoms with Gasteiger partial charge >= 0.3 is 0 Å². The lowest BCUT2D eigenvalue weighted by molar-refractivity contribution is 0.217. The summed E-state index contributed by atoms with van der Waals surface area (Å²) in [5.41, 5.74) is 2.82. The lowest BCUT2D eigenvalue weighted by Crippen LogP contribution is -2.01. The molecule has 0 radical (unpaired) electrons. The number of hydrogen-bond donors (Lipinski definition) is 1. The highest BCUT2D eigenvalue weighted by atomic mass is 79.9. The van der Waals surface area contributed by atoms with Crippen LogP contribution in [0.3, 0.4) is 0 Å². The molecular weight excluding hydrogens is 288 g/mol. The summed E-state index contributed by atoms with van der Waals surface area (Å²) in [6.45, 7) is 5.78. The Bertz CT molecular complexity index is 513. The molecule has 0 aliphatic rings. The molecule has 0 aliphatic heterocycles. The standard InChI is InChI=1S/C12H13BrO2S/c1-6-7(2)15-8(3)11(6)12(14)9-4-16-5-10(9)13/h4-5,12,14H,1-3H3. The van der Waals surface area contributed by atoms with Gasteiger partial charge < -0.3 is 9.52 Å². The summed E-state index contributed by atoms with van der Waals surface area (Å²) in [6.07, 6.45) is -0.613. The Labute approximate surface area is 107 Å². The molecular formula is C12H13BrO2S. The van der Waals surface area contributed by atoms with E-state index in [4.69, 9.17) is 4.42 Å². The molecule has 4 heteroatoms. The average Bonchev–Trinajstić information content (AvgIpc) is 2.73. The van der Waals surface area contributed by atoms with Crippen molar-refractivity contribution >= 4 is 27.3 Å². The first-order valence-electron chi connectivity index (χ1n) is 4.98. The van der Waals surface area contributed by atoms with E-state index in [2.05, 4.69) is 15.9 Å². The van der Waals surface area contributed by atoms with Gasteiger partial charge in [0.25, 0.3) is 0 Å². The number of aryl methyl sites for hydroxylation is 2. The van der Waals surface area contributed by atoms with Crippen LogP contribution in [0.15, 0.2) is 19.6 Å². The Morgan fingerprint density at radius 3 is 2.38 bits per heavy atom. The molecule has 2 heterocycles. The van der Waals surface area contributed by atoms with Crippen LogP contribution < -0.4 is 0 Å². The maximum absolute atomic E-state index is 10.4. The summed E-state index contributed by atoms with van der Waals surface area (Å²) >= 11 is 5.01. The van der Waals surface area contributed by atoms with Crippen molar-refractivity contribution in [1.29, 1.82) is 0 Å². The van der Waals surface area contributed by atoms with Gasteiger partial charge in [0.1, 0.15) is 17.6 Å². The van der Waals surface area contributed by atoms with Crippen molar-refractivity contribution in [2.45, 2.75) is 26.9 Å². The van der Waals surface area contributed by atoms with Crippen LogP contribution in [-0.2, 0) is 0 Å². The highest BCUT2D eigenvalue weighted by Gasteiger charge is 2.22. The molecule has 0 amide bonds. The predicted octanol–water partition coefficient (Wildman–Crippen LogP) is 4.11. The van der Waals surface area contributed by atoms with Crippen LogP contribution >= 0.6 is 27.3 Å². The molecule has 0 aromatic carbocycles. The Morgan fingerprint density at radius 1 is 1.25 bits per heavy atom. The van der Waals surface area contributed by atoms with Gasteiger partial charge in [-0.1, -0.05) is 0 Å². The van der Waals surface area contributed by atoms with Crippen LogP contribution in [0, 0.1) is 20.8 Å². The molecule has 2 rings (SSSR count). The van der Waals surface area contributed by atoms with Gasteiger partial charge in [-0.25, -0.2) is 0 Å². The minimum atomic E-state index is -0.613. The number of aliphatic hydroxyl groups excluding tert-OH is 1. The second-order valence-corrected chi connectivity index (χ2v) is 5.43. The summed E-state index contributed by atoms with van der Waals surface area (Å²) in [5, 5.41) is 14.3. The molecule has 1 N–H and O–H groups in total. The minimum absolute atomic E-state index is 0.613. The minimum Gasteiger partial charge on any atom is -0.466 e. The summed E-state index contributed by atoms with van der Waals surface area (Å²) in [4.78, 5) is 0. The van der Waals surface area contributed by atoms with Crippen molar-refractivity contribution in [2.75, 3.05) is 0 Å². The van der Waals surface area contributed by atoms with Gasteiger partial charge in [-0.15, -0.1) is 0 Å². The second kappa shape index (κ2) is 4.35. The fourth-order valence-corrected chi connectivity index (χ4v) is 3.39. The third kappa shape index (κ3) is 1.85. The van der Waals surface area contributed by atoms with Crippen molar-refractivity contribution in [3.63, 3.8) is 0 Å². The van der Waals surface area contributed by atoms with E-state index >= 15 is 0 Å². The zero-order valence-corrected chi connectivity index (χ0v) is 11.8. The third-order valence-electron chi connectivity index (χ3n) is 2.83. The fourth-order valence-electron chi connectivity index (χ4n) is 1.85. The largest absolute Gasteiger partial charge is 0.466 e. The first-order chi connectivity index (χ1) is 7.52. The molecule has 0 aliphatic carbocycles. The molecule has 2 aromatic rings. The molecule has 0 bridgehead atoms. The van der Waals surface area contributed by atoms with Gasteiger partial charge in [-0.2, -0.15) is 11.3 Å². The van der Waals surface area contributed by atoms with Gasteiger partial charge in [0.15, 0.2) is 0 Å². The van der Waals surface area contributed by atoms with Crippen molar-refractivity contribution < 1.29 is 9.52 Å². The third-order valence-corrected chi connectivity index (χ3v) is 4.58. The van der Waals surface area contributed by atoms with Crippen LogP contribution in [0.25, 0.3) is 0 Å². The monoisotopic (exact) mass is 300 g/mol. The van der Waals surface area contributed by atoms with Crippen molar-refractivity contribution in [3.05, 3.63) is 43.4 Å². The highest BCUT2D eigenvalue weighted by molar-refractivity contribution is 9.10. The number of thiophene rings is 1.